The molecule has 0 fully saturated rings. The third kappa shape index (κ3) is 1.96. The summed E-state index contributed by atoms with van der Waals surface area (Å²) in [6.07, 6.45) is 1.64. The number of fused-ring (bicyclic) bond motifs is 1. The van der Waals surface area contributed by atoms with Crippen LogP contribution in [0.15, 0.2) is 23.2 Å². The predicted octanol–water partition coefficient (Wildman–Crippen LogP) is 0.945. The average Bonchev–Trinajstić information content (AvgIpc) is 2.61. The fourth-order valence-electron chi connectivity index (χ4n) is 1.42. The predicted molar refractivity (Wildman–Crippen MR) is 59.8 cm³/mol. The first-order valence-electron chi connectivity index (χ1n) is 4.75. The quantitative estimate of drug-likeness (QED) is 0.596. The molecule has 0 spiro atoms. The van der Waals surface area contributed by atoms with Crippen molar-refractivity contribution in [2.24, 2.45) is 4.99 Å². The summed E-state index contributed by atoms with van der Waals surface area (Å²) in [6, 6.07) is 6.10. The minimum Gasteiger partial charge on any atom is -0.357 e. The summed E-state index contributed by atoms with van der Waals surface area (Å²) in [5, 5.41) is 11.2. The number of benzene rings is 1. The Morgan fingerprint density at radius 1 is 1.53 bits per heavy atom. The van der Waals surface area contributed by atoms with Crippen molar-refractivity contribution in [1.29, 1.82) is 0 Å². The molecule has 0 aliphatic carbocycles. The Labute approximate surface area is 87.8 Å². The zero-order valence-corrected chi connectivity index (χ0v) is 8.81. The Hall–Kier alpha value is -1.91. The molecule has 1 aromatic heterocycles. The van der Waals surface area contributed by atoms with Gasteiger partial charge in [0.15, 0.2) is 0 Å². The van der Waals surface area contributed by atoms with E-state index >= 15 is 0 Å². The number of aromatic nitrogens is 3. The van der Waals surface area contributed by atoms with E-state index in [1.165, 1.54) is 5.56 Å². The molecule has 15 heavy (non-hydrogen) atoms. The maximum Gasteiger partial charge on any atom is 0.113 e. The lowest BCUT2D eigenvalue weighted by Gasteiger charge is -2.00. The number of nitrogens with zero attached hydrogens (tertiary/aromatic N) is 4. The van der Waals surface area contributed by atoms with Crippen molar-refractivity contribution in [3.8, 4) is 0 Å². The molecule has 0 amide bonds. The van der Waals surface area contributed by atoms with Crippen LogP contribution in [0.5, 0.6) is 0 Å². The minimum atomic E-state index is 0.580. The first-order chi connectivity index (χ1) is 7.31. The van der Waals surface area contributed by atoms with E-state index in [1.807, 2.05) is 19.1 Å². The standard InChI is InChI=1S/C10H13N5/c1-8-3-4-10-9(5-8)13-14-15(10)7-12-6-11-2/h3-6H,7H2,1-2H3,(H,11,12). The SMILES string of the molecule is CN=CNCn1nnc2cc(C)ccc21. The van der Waals surface area contributed by atoms with Crippen LogP contribution < -0.4 is 5.32 Å². The van der Waals surface area contributed by atoms with Crippen LogP contribution in [0.3, 0.4) is 0 Å². The van der Waals surface area contributed by atoms with Crippen molar-refractivity contribution in [1.82, 2.24) is 20.3 Å². The molecule has 0 saturated carbocycles. The molecule has 1 heterocycles. The summed E-state index contributed by atoms with van der Waals surface area (Å²) < 4.78 is 1.80. The maximum absolute atomic E-state index is 4.09. The largest absolute Gasteiger partial charge is 0.357 e. The number of aliphatic imine (C=N–C) groups is 1. The maximum atomic E-state index is 4.09. The number of nitrogens with one attached hydrogen (secondary N) is 1. The Morgan fingerprint density at radius 3 is 3.20 bits per heavy atom. The third-order valence-electron chi connectivity index (χ3n) is 2.13. The summed E-state index contributed by atoms with van der Waals surface area (Å²) in [7, 11) is 1.72. The van der Waals surface area contributed by atoms with Gasteiger partial charge >= 0.3 is 0 Å². The first-order valence-corrected chi connectivity index (χ1v) is 4.75. The number of hydrogen-bond acceptors (Lipinski definition) is 3. The van der Waals surface area contributed by atoms with Crippen LogP contribution >= 0.6 is 0 Å². The van der Waals surface area contributed by atoms with E-state index in [2.05, 4.69) is 26.7 Å². The van der Waals surface area contributed by atoms with E-state index in [-0.39, 0.29) is 0 Å². The van der Waals surface area contributed by atoms with E-state index < -0.39 is 0 Å². The van der Waals surface area contributed by atoms with Gasteiger partial charge < -0.3 is 5.32 Å². The Kier molecular flexibility index (Phi) is 2.62. The molecule has 0 bridgehead atoms. The van der Waals surface area contributed by atoms with Gasteiger partial charge in [-0.15, -0.1) is 5.10 Å². The number of hydrogen-bond donors (Lipinski definition) is 1. The zero-order chi connectivity index (χ0) is 10.7. The normalized spacial score (nSPS) is 11.3. The van der Waals surface area contributed by atoms with Crippen molar-refractivity contribution in [2.75, 3.05) is 7.05 Å². The summed E-state index contributed by atoms with van der Waals surface area (Å²) in [5.41, 5.74) is 3.14. The average molecular weight is 203 g/mol. The first kappa shape index (κ1) is 9.64. The van der Waals surface area contributed by atoms with E-state index in [4.69, 9.17) is 0 Å². The molecule has 1 aromatic carbocycles. The fraction of sp³-hybridized carbons (Fsp3) is 0.300. The molecule has 5 nitrogen and oxygen atoms in total. The summed E-state index contributed by atoms with van der Waals surface area (Å²) in [6.45, 7) is 2.62. The molecule has 0 atom stereocenters. The van der Waals surface area contributed by atoms with Gasteiger partial charge in [0, 0.05) is 7.05 Å². The van der Waals surface area contributed by atoms with Crippen LogP contribution in [0.2, 0.25) is 0 Å². The fourth-order valence-corrected chi connectivity index (χ4v) is 1.42. The lowest BCUT2D eigenvalue weighted by molar-refractivity contribution is 0.588. The van der Waals surface area contributed by atoms with Gasteiger partial charge in [-0.2, -0.15) is 0 Å². The van der Waals surface area contributed by atoms with Gasteiger partial charge in [-0.25, -0.2) is 4.68 Å². The molecule has 0 aliphatic rings. The lowest BCUT2D eigenvalue weighted by Crippen LogP contribution is -2.17. The van der Waals surface area contributed by atoms with Crippen molar-refractivity contribution in [3.63, 3.8) is 0 Å². The summed E-state index contributed by atoms with van der Waals surface area (Å²) >= 11 is 0. The van der Waals surface area contributed by atoms with Crippen LogP contribution in [-0.4, -0.2) is 28.4 Å². The van der Waals surface area contributed by atoms with Crippen molar-refractivity contribution < 1.29 is 0 Å². The van der Waals surface area contributed by atoms with Crippen molar-refractivity contribution in [2.45, 2.75) is 13.6 Å². The van der Waals surface area contributed by atoms with Crippen molar-refractivity contribution >= 4 is 17.4 Å². The van der Waals surface area contributed by atoms with Crippen LogP contribution in [0, 0.1) is 6.92 Å². The highest BCUT2D eigenvalue weighted by atomic mass is 15.4. The summed E-state index contributed by atoms with van der Waals surface area (Å²) in [4.78, 5) is 3.83. The Balaban J connectivity index is 2.28. The molecule has 5 heteroatoms. The van der Waals surface area contributed by atoms with Crippen molar-refractivity contribution in [3.05, 3.63) is 23.8 Å². The van der Waals surface area contributed by atoms with E-state index in [0.717, 1.165) is 11.0 Å². The topological polar surface area (TPSA) is 55.1 Å². The summed E-state index contributed by atoms with van der Waals surface area (Å²) in [5.74, 6) is 0. The van der Waals surface area contributed by atoms with Gasteiger partial charge in [0.2, 0.25) is 0 Å². The molecule has 0 aliphatic heterocycles. The van der Waals surface area contributed by atoms with Crippen LogP contribution in [-0.2, 0) is 6.67 Å². The van der Waals surface area contributed by atoms with Crippen LogP contribution in [0.4, 0.5) is 0 Å². The second kappa shape index (κ2) is 4.08. The molecule has 0 radical (unpaired) electrons. The van der Waals surface area contributed by atoms with Gasteiger partial charge in [-0.3, -0.25) is 4.99 Å². The van der Waals surface area contributed by atoms with Gasteiger partial charge in [0.1, 0.15) is 12.2 Å². The number of aryl methyl sites for hydroxylation is 1. The molecular formula is C10H13N5. The second-order valence-corrected chi connectivity index (χ2v) is 3.33. The molecule has 1 N–H and O–H groups in total. The van der Waals surface area contributed by atoms with E-state index in [1.54, 1.807) is 18.1 Å². The van der Waals surface area contributed by atoms with Gasteiger partial charge in [-0.05, 0) is 24.6 Å². The van der Waals surface area contributed by atoms with Gasteiger partial charge in [0.05, 0.1) is 11.9 Å². The highest BCUT2D eigenvalue weighted by Crippen LogP contribution is 2.11. The Morgan fingerprint density at radius 2 is 2.40 bits per heavy atom. The molecule has 2 rings (SSSR count). The second-order valence-electron chi connectivity index (χ2n) is 3.33. The Bertz CT molecular complexity index is 486. The lowest BCUT2D eigenvalue weighted by atomic mass is 10.2. The smallest absolute Gasteiger partial charge is 0.113 e. The molecule has 0 saturated heterocycles. The monoisotopic (exact) mass is 203 g/mol. The highest BCUT2D eigenvalue weighted by molar-refractivity contribution is 5.75. The molecule has 0 unspecified atom stereocenters. The highest BCUT2D eigenvalue weighted by Gasteiger charge is 2.02. The van der Waals surface area contributed by atoms with Crippen LogP contribution in [0.1, 0.15) is 5.56 Å². The zero-order valence-electron chi connectivity index (χ0n) is 8.81. The molecule has 2 aromatic rings. The van der Waals surface area contributed by atoms with E-state index in [9.17, 15) is 0 Å². The molecule has 78 valence electrons. The minimum absolute atomic E-state index is 0.580. The van der Waals surface area contributed by atoms with Gasteiger partial charge in [0.25, 0.3) is 0 Å². The molecular weight excluding hydrogens is 190 g/mol. The van der Waals surface area contributed by atoms with E-state index in [0.29, 0.717) is 6.67 Å². The van der Waals surface area contributed by atoms with Gasteiger partial charge in [-0.1, -0.05) is 11.3 Å². The third-order valence-corrected chi connectivity index (χ3v) is 2.13. The number of rotatable bonds is 3. The van der Waals surface area contributed by atoms with Crippen LogP contribution in [0.25, 0.3) is 11.0 Å².